The third kappa shape index (κ3) is 5.29. The van der Waals surface area contributed by atoms with Gasteiger partial charge in [-0.15, -0.1) is 0 Å². The molecule has 0 radical (unpaired) electrons. The van der Waals surface area contributed by atoms with Crippen molar-refractivity contribution >= 4 is 17.5 Å². The van der Waals surface area contributed by atoms with Crippen LogP contribution >= 0.6 is 11.6 Å². The molecule has 1 N–H and O–H groups in total. The third-order valence-electron chi connectivity index (χ3n) is 4.47. The van der Waals surface area contributed by atoms with Gasteiger partial charge in [-0.1, -0.05) is 37.8 Å². The molecule has 1 aromatic heterocycles. The van der Waals surface area contributed by atoms with Crippen molar-refractivity contribution in [3.8, 4) is 0 Å². The van der Waals surface area contributed by atoms with E-state index in [-0.39, 0.29) is 11.8 Å². The normalized spacial score (nSPS) is 17.6. The Balaban J connectivity index is 1.66. The van der Waals surface area contributed by atoms with Crippen molar-refractivity contribution < 1.29 is 4.79 Å². The van der Waals surface area contributed by atoms with E-state index < -0.39 is 0 Å². The molecular formula is C16H27ClN4O. The summed E-state index contributed by atoms with van der Waals surface area (Å²) >= 11 is 5.83. The highest BCUT2D eigenvalue weighted by Crippen LogP contribution is 2.21. The molecule has 0 bridgehead atoms. The number of carbonyl (C=O) groups is 1. The number of hydrogen-bond acceptors (Lipinski definition) is 3. The summed E-state index contributed by atoms with van der Waals surface area (Å²) in [6, 6.07) is 0.689. The first-order chi connectivity index (χ1) is 10.6. The van der Waals surface area contributed by atoms with Gasteiger partial charge in [0.25, 0.3) is 0 Å². The summed E-state index contributed by atoms with van der Waals surface area (Å²) in [5.41, 5.74) is 0. The fourth-order valence-electron chi connectivity index (χ4n) is 3.04. The van der Waals surface area contributed by atoms with Crippen LogP contribution in [0.15, 0.2) is 12.4 Å². The summed E-state index contributed by atoms with van der Waals surface area (Å²) in [5, 5.41) is 7.73. The van der Waals surface area contributed by atoms with Crippen LogP contribution < -0.4 is 5.32 Å². The van der Waals surface area contributed by atoms with Crippen LogP contribution in [0.3, 0.4) is 0 Å². The molecule has 1 saturated carbocycles. The molecule has 2 rings (SSSR count). The van der Waals surface area contributed by atoms with Gasteiger partial charge in [0.2, 0.25) is 5.91 Å². The molecule has 0 unspecified atom stereocenters. The first-order valence-corrected chi connectivity index (χ1v) is 8.60. The highest BCUT2D eigenvalue weighted by molar-refractivity contribution is 6.30. The van der Waals surface area contributed by atoms with Crippen LogP contribution in [0.25, 0.3) is 0 Å². The number of rotatable bonds is 7. The number of nitrogens with zero attached hydrogens (tertiary/aromatic N) is 3. The van der Waals surface area contributed by atoms with E-state index in [1.807, 2.05) is 6.92 Å². The fourth-order valence-corrected chi connectivity index (χ4v) is 3.19. The Morgan fingerprint density at radius 1 is 1.50 bits per heavy atom. The maximum absolute atomic E-state index is 12.1. The molecule has 1 atom stereocenters. The maximum Gasteiger partial charge on any atom is 0.224 e. The SMILES string of the molecule is C[C@H](Cn1cc(Cl)cn1)C(=O)NCCN(C)C1CCCCC1. The molecule has 1 aromatic rings. The Bertz CT molecular complexity index is 470. The lowest BCUT2D eigenvalue weighted by atomic mass is 9.94. The van der Waals surface area contributed by atoms with Crippen molar-refractivity contribution in [2.75, 3.05) is 20.1 Å². The lowest BCUT2D eigenvalue weighted by Gasteiger charge is -2.31. The van der Waals surface area contributed by atoms with Gasteiger partial charge in [0.05, 0.1) is 23.7 Å². The van der Waals surface area contributed by atoms with E-state index in [2.05, 4.69) is 22.4 Å². The fraction of sp³-hybridized carbons (Fsp3) is 0.750. The quantitative estimate of drug-likeness (QED) is 0.837. The van der Waals surface area contributed by atoms with Gasteiger partial charge in [-0.05, 0) is 19.9 Å². The Hall–Kier alpha value is -1.07. The van der Waals surface area contributed by atoms with Crippen molar-refractivity contribution in [2.45, 2.75) is 51.6 Å². The summed E-state index contributed by atoms with van der Waals surface area (Å²) in [7, 11) is 2.16. The lowest BCUT2D eigenvalue weighted by molar-refractivity contribution is -0.125. The van der Waals surface area contributed by atoms with Gasteiger partial charge in [-0.3, -0.25) is 9.48 Å². The second-order valence-electron chi connectivity index (χ2n) is 6.35. The van der Waals surface area contributed by atoms with Gasteiger partial charge in [0.15, 0.2) is 0 Å². The molecule has 1 aliphatic rings. The second-order valence-corrected chi connectivity index (χ2v) is 6.78. The molecule has 1 heterocycles. The van der Waals surface area contributed by atoms with Crippen molar-refractivity contribution in [3.05, 3.63) is 17.4 Å². The largest absolute Gasteiger partial charge is 0.355 e. The molecule has 124 valence electrons. The second kappa shape index (κ2) is 8.53. The molecule has 0 aromatic carbocycles. The van der Waals surface area contributed by atoms with Gasteiger partial charge in [0.1, 0.15) is 0 Å². The van der Waals surface area contributed by atoms with Crippen LogP contribution in [0, 0.1) is 5.92 Å². The highest BCUT2D eigenvalue weighted by Gasteiger charge is 2.18. The van der Waals surface area contributed by atoms with Crippen LogP contribution in [-0.4, -0.2) is 46.8 Å². The van der Waals surface area contributed by atoms with Gasteiger partial charge in [-0.2, -0.15) is 5.10 Å². The van der Waals surface area contributed by atoms with E-state index in [0.29, 0.717) is 24.2 Å². The van der Waals surface area contributed by atoms with E-state index in [0.717, 1.165) is 6.54 Å². The highest BCUT2D eigenvalue weighted by atomic mass is 35.5. The molecule has 1 amide bonds. The van der Waals surface area contributed by atoms with Crippen molar-refractivity contribution in [2.24, 2.45) is 5.92 Å². The molecular weight excluding hydrogens is 300 g/mol. The Morgan fingerprint density at radius 2 is 2.23 bits per heavy atom. The van der Waals surface area contributed by atoms with Gasteiger partial charge >= 0.3 is 0 Å². The molecule has 22 heavy (non-hydrogen) atoms. The minimum Gasteiger partial charge on any atom is -0.355 e. The molecule has 1 aliphatic carbocycles. The first-order valence-electron chi connectivity index (χ1n) is 8.22. The van der Waals surface area contributed by atoms with Crippen LogP contribution in [-0.2, 0) is 11.3 Å². The zero-order chi connectivity index (χ0) is 15.9. The van der Waals surface area contributed by atoms with Gasteiger partial charge in [-0.25, -0.2) is 0 Å². The van der Waals surface area contributed by atoms with Crippen molar-refractivity contribution in [1.82, 2.24) is 20.0 Å². The minimum absolute atomic E-state index is 0.0728. The molecule has 0 saturated heterocycles. The summed E-state index contributed by atoms with van der Waals surface area (Å²) in [6.07, 6.45) is 9.96. The number of halogens is 1. The van der Waals surface area contributed by atoms with Crippen LogP contribution in [0.1, 0.15) is 39.0 Å². The summed E-state index contributed by atoms with van der Waals surface area (Å²) in [6.45, 7) is 4.08. The number of amides is 1. The van der Waals surface area contributed by atoms with Crippen LogP contribution in [0.5, 0.6) is 0 Å². The summed E-state index contributed by atoms with van der Waals surface area (Å²) in [4.78, 5) is 14.5. The van der Waals surface area contributed by atoms with Crippen LogP contribution in [0.4, 0.5) is 0 Å². The lowest BCUT2D eigenvalue weighted by Crippen LogP contribution is -2.41. The Morgan fingerprint density at radius 3 is 2.86 bits per heavy atom. The topological polar surface area (TPSA) is 50.2 Å². The molecule has 1 fully saturated rings. The smallest absolute Gasteiger partial charge is 0.224 e. The van der Waals surface area contributed by atoms with E-state index in [1.165, 1.54) is 32.1 Å². The number of likely N-dealkylation sites (N-methyl/N-ethyl adjacent to an activating group) is 1. The monoisotopic (exact) mass is 326 g/mol. The van der Waals surface area contributed by atoms with E-state index in [9.17, 15) is 4.79 Å². The predicted octanol–water partition coefficient (Wildman–Crippen LogP) is 2.55. The predicted molar refractivity (Wildman–Crippen MR) is 88.9 cm³/mol. The summed E-state index contributed by atoms with van der Waals surface area (Å²) in [5.74, 6) is -0.0420. The number of nitrogens with one attached hydrogen (secondary N) is 1. The van der Waals surface area contributed by atoms with E-state index in [4.69, 9.17) is 11.6 Å². The number of hydrogen-bond donors (Lipinski definition) is 1. The Kier molecular flexibility index (Phi) is 6.70. The minimum atomic E-state index is -0.115. The van der Waals surface area contributed by atoms with Crippen molar-refractivity contribution in [1.29, 1.82) is 0 Å². The number of carbonyl (C=O) groups excluding carboxylic acids is 1. The van der Waals surface area contributed by atoms with Gasteiger partial charge in [0, 0.05) is 25.3 Å². The third-order valence-corrected chi connectivity index (χ3v) is 4.67. The zero-order valence-corrected chi connectivity index (χ0v) is 14.4. The molecule has 5 nitrogen and oxygen atoms in total. The first kappa shape index (κ1) is 17.3. The Labute approximate surface area is 138 Å². The number of aromatic nitrogens is 2. The van der Waals surface area contributed by atoms with Gasteiger partial charge < -0.3 is 10.2 Å². The average Bonchev–Trinajstić information content (AvgIpc) is 2.93. The maximum atomic E-state index is 12.1. The van der Waals surface area contributed by atoms with Crippen LogP contribution in [0.2, 0.25) is 5.02 Å². The standard InChI is InChI=1S/C16H27ClN4O/c1-13(11-21-12-14(17)10-19-21)16(22)18-8-9-20(2)15-6-4-3-5-7-15/h10,12-13,15H,3-9,11H2,1-2H3,(H,18,22)/t13-/m1/s1. The zero-order valence-electron chi connectivity index (χ0n) is 13.6. The summed E-state index contributed by atoms with van der Waals surface area (Å²) < 4.78 is 1.71. The molecule has 6 heteroatoms. The van der Waals surface area contributed by atoms with E-state index >= 15 is 0 Å². The van der Waals surface area contributed by atoms with E-state index in [1.54, 1.807) is 17.1 Å². The molecule has 0 spiro atoms. The van der Waals surface area contributed by atoms with Crippen molar-refractivity contribution in [3.63, 3.8) is 0 Å². The molecule has 0 aliphatic heterocycles. The average molecular weight is 327 g/mol.